The molecule has 3 aromatic rings. The highest BCUT2D eigenvalue weighted by Crippen LogP contribution is 2.27. The van der Waals surface area contributed by atoms with Gasteiger partial charge in [-0.15, -0.1) is 0 Å². The number of piperidine rings is 1. The maximum atomic E-state index is 13.0. The summed E-state index contributed by atoms with van der Waals surface area (Å²) in [6, 6.07) is 18.3. The van der Waals surface area contributed by atoms with Gasteiger partial charge in [0.15, 0.2) is 0 Å². The molecule has 1 aromatic heterocycles. The Kier molecular flexibility index (Phi) is 5.01. The second-order valence-electron chi connectivity index (χ2n) is 6.99. The molecular formula is C22H21FN2O2. The van der Waals surface area contributed by atoms with E-state index in [1.54, 1.807) is 18.2 Å². The Labute approximate surface area is 157 Å². The number of hydrogen-bond donors (Lipinski definition) is 0. The molecule has 5 heteroatoms. The third kappa shape index (κ3) is 4.08. The van der Waals surface area contributed by atoms with Gasteiger partial charge in [0.2, 0.25) is 5.76 Å². The van der Waals surface area contributed by atoms with Crippen molar-refractivity contribution in [3.05, 3.63) is 89.1 Å². The normalized spacial score (nSPS) is 17.1. The Morgan fingerprint density at radius 2 is 1.93 bits per heavy atom. The van der Waals surface area contributed by atoms with Crippen LogP contribution in [0.1, 0.15) is 46.1 Å². The molecule has 1 saturated heterocycles. The topological polar surface area (TPSA) is 46.3 Å². The van der Waals surface area contributed by atoms with E-state index in [0.29, 0.717) is 24.6 Å². The lowest BCUT2D eigenvalue weighted by atomic mass is 9.90. The van der Waals surface area contributed by atoms with Gasteiger partial charge in [-0.05, 0) is 36.1 Å². The zero-order valence-electron chi connectivity index (χ0n) is 15.0. The SMILES string of the molecule is O=C(c1cc(Cc2ccc(F)cc2)no1)N1CCC[C@H](c2ccccc2)C1. The van der Waals surface area contributed by atoms with Crippen LogP contribution in [-0.2, 0) is 6.42 Å². The first kappa shape index (κ1) is 17.5. The van der Waals surface area contributed by atoms with Crippen LogP contribution in [0.3, 0.4) is 0 Å². The van der Waals surface area contributed by atoms with E-state index >= 15 is 0 Å². The molecule has 0 radical (unpaired) electrons. The van der Waals surface area contributed by atoms with Gasteiger partial charge >= 0.3 is 0 Å². The van der Waals surface area contributed by atoms with E-state index in [-0.39, 0.29) is 17.5 Å². The standard InChI is InChI=1S/C22H21FN2O2/c23-19-10-8-16(9-11-19)13-20-14-21(27-24-20)22(26)25-12-4-7-18(15-25)17-5-2-1-3-6-17/h1-3,5-6,8-11,14,18H,4,7,12-13,15H2/t18-/m0/s1. The second kappa shape index (κ2) is 7.74. The van der Waals surface area contributed by atoms with Crippen molar-refractivity contribution in [2.24, 2.45) is 0 Å². The van der Waals surface area contributed by atoms with E-state index in [1.165, 1.54) is 17.7 Å². The van der Waals surface area contributed by atoms with E-state index < -0.39 is 0 Å². The van der Waals surface area contributed by atoms with Gasteiger partial charge in [0, 0.05) is 31.5 Å². The monoisotopic (exact) mass is 364 g/mol. The van der Waals surface area contributed by atoms with Crippen molar-refractivity contribution in [1.29, 1.82) is 0 Å². The average molecular weight is 364 g/mol. The van der Waals surface area contributed by atoms with Gasteiger partial charge in [0.05, 0.1) is 5.69 Å². The Morgan fingerprint density at radius 1 is 1.15 bits per heavy atom. The Bertz CT molecular complexity index is 906. The molecule has 0 N–H and O–H groups in total. The molecule has 2 aromatic carbocycles. The minimum Gasteiger partial charge on any atom is -0.351 e. The molecule has 0 spiro atoms. The maximum Gasteiger partial charge on any atom is 0.292 e. The van der Waals surface area contributed by atoms with Crippen molar-refractivity contribution in [2.75, 3.05) is 13.1 Å². The van der Waals surface area contributed by atoms with Crippen molar-refractivity contribution in [3.63, 3.8) is 0 Å². The van der Waals surface area contributed by atoms with Gasteiger partial charge < -0.3 is 9.42 Å². The summed E-state index contributed by atoms with van der Waals surface area (Å²) in [7, 11) is 0. The first-order chi connectivity index (χ1) is 13.2. The Hall–Kier alpha value is -2.95. The molecular weight excluding hydrogens is 343 g/mol. The van der Waals surface area contributed by atoms with Crippen LogP contribution in [0, 0.1) is 5.82 Å². The first-order valence-electron chi connectivity index (χ1n) is 9.23. The summed E-state index contributed by atoms with van der Waals surface area (Å²) in [5.74, 6) is 0.229. The number of carbonyl (C=O) groups excluding carboxylic acids is 1. The van der Waals surface area contributed by atoms with Gasteiger partial charge in [-0.25, -0.2) is 4.39 Å². The van der Waals surface area contributed by atoms with Crippen LogP contribution >= 0.6 is 0 Å². The minimum absolute atomic E-state index is 0.117. The van der Waals surface area contributed by atoms with E-state index in [4.69, 9.17) is 4.52 Å². The second-order valence-corrected chi connectivity index (χ2v) is 6.99. The number of carbonyl (C=O) groups is 1. The van der Waals surface area contributed by atoms with Crippen LogP contribution in [0.2, 0.25) is 0 Å². The fourth-order valence-electron chi connectivity index (χ4n) is 3.62. The van der Waals surface area contributed by atoms with Crippen molar-refractivity contribution < 1.29 is 13.7 Å². The van der Waals surface area contributed by atoms with Crippen LogP contribution in [0.5, 0.6) is 0 Å². The van der Waals surface area contributed by atoms with Crippen molar-refractivity contribution in [1.82, 2.24) is 10.1 Å². The van der Waals surface area contributed by atoms with Gasteiger partial charge in [-0.2, -0.15) is 0 Å². The predicted molar refractivity (Wildman–Crippen MR) is 100 cm³/mol. The van der Waals surface area contributed by atoms with E-state index in [2.05, 4.69) is 17.3 Å². The largest absolute Gasteiger partial charge is 0.351 e. The molecule has 1 amide bonds. The average Bonchev–Trinajstić information content (AvgIpc) is 3.18. The highest BCUT2D eigenvalue weighted by molar-refractivity contribution is 5.91. The number of rotatable bonds is 4. The zero-order valence-corrected chi connectivity index (χ0v) is 15.0. The number of aromatic nitrogens is 1. The van der Waals surface area contributed by atoms with Crippen LogP contribution in [0.25, 0.3) is 0 Å². The lowest BCUT2D eigenvalue weighted by Gasteiger charge is -2.32. The Balaban J connectivity index is 1.43. The molecule has 0 bridgehead atoms. The van der Waals surface area contributed by atoms with Gasteiger partial charge in [0.1, 0.15) is 5.82 Å². The summed E-state index contributed by atoms with van der Waals surface area (Å²) in [5.41, 5.74) is 2.86. The molecule has 27 heavy (non-hydrogen) atoms. The lowest BCUT2D eigenvalue weighted by Crippen LogP contribution is -2.38. The van der Waals surface area contributed by atoms with E-state index in [1.807, 2.05) is 23.1 Å². The summed E-state index contributed by atoms with van der Waals surface area (Å²) in [6.07, 6.45) is 2.56. The number of halogens is 1. The molecule has 1 atom stereocenters. The maximum absolute atomic E-state index is 13.0. The number of likely N-dealkylation sites (tertiary alicyclic amines) is 1. The fraction of sp³-hybridized carbons (Fsp3) is 0.273. The molecule has 4 nitrogen and oxygen atoms in total. The lowest BCUT2D eigenvalue weighted by molar-refractivity contribution is 0.0665. The molecule has 0 unspecified atom stereocenters. The summed E-state index contributed by atoms with van der Waals surface area (Å²) in [6.45, 7) is 1.42. The summed E-state index contributed by atoms with van der Waals surface area (Å²) in [5, 5.41) is 4.01. The van der Waals surface area contributed by atoms with Gasteiger partial charge in [-0.1, -0.05) is 47.6 Å². The van der Waals surface area contributed by atoms with Gasteiger partial charge in [0.25, 0.3) is 5.91 Å². The van der Waals surface area contributed by atoms with Crippen molar-refractivity contribution in [2.45, 2.75) is 25.2 Å². The van der Waals surface area contributed by atoms with E-state index in [9.17, 15) is 9.18 Å². The highest BCUT2D eigenvalue weighted by atomic mass is 19.1. The number of nitrogens with zero attached hydrogens (tertiary/aromatic N) is 2. The predicted octanol–water partition coefficient (Wildman–Crippen LogP) is 4.42. The Morgan fingerprint density at radius 3 is 2.70 bits per heavy atom. The third-order valence-corrected chi connectivity index (χ3v) is 5.05. The van der Waals surface area contributed by atoms with Crippen molar-refractivity contribution >= 4 is 5.91 Å². The minimum atomic E-state index is -0.271. The van der Waals surface area contributed by atoms with Crippen LogP contribution in [-0.4, -0.2) is 29.1 Å². The molecule has 0 saturated carbocycles. The van der Waals surface area contributed by atoms with Crippen molar-refractivity contribution in [3.8, 4) is 0 Å². The number of benzene rings is 2. The third-order valence-electron chi connectivity index (χ3n) is 5.05. The van der Waals surface area contributed by atoms with E-state index in [0.717, 1.165) is 24.9 Å². The smallest absolute Gasteiger partial charge is 0.292 e. The summed E-state index contributed by atoms with van der Waals surface area (Å²) in [4.78, 5) is 14.7. The molecule has 1 aliphatic rings. The van der Waals surface area contributed by atoms with Crippen LogP contribution in [0.15, 0.2) is 65.2 Å². The van der Waals surface area contributed by atoms with Crippen LogP contribution < -0.4 is 0 Å². The molecule has 4 rings (SSSR count). The molecule has 2 heterocycles. The summed E-state index contributed by atoms with van der Waals surface area (Å²) < 4.78 is 18.3. The molecule has 138 valence electrons. The van der Waals surface area contributed by atoms with Gasteiger partial charge in [-0.3, -0.25) is 4.79 Å². The highest BCUT2D eigenvalue weighted by Gasteiger charge is 2.27. The fourth-order valence-corrected chi connectivity index (χ4v) is 3.62. The quantitative estimate of drug-likeness (QED) is 0.688. The zero-order chi connectivity index (χ0) is 18.6. The van der Waals surface area contributed by atoms with Crippen LogP contribution in [0.4, 0.5) is 4.39 Å². The number of hydrogen-bond acceptors (Lipinski definition) is 3. The summed E-state index contributed by atoms with van der Waals surface area (Å²) >= 11 is 0. The molecule has 1 aliphatic heterocycles. The first-order valence-corrected chi connectivity index (χ1v) is 9.23. The number of amides is 1. The molecule has 0 aliphatic carbocycles. The molecule has 1 fully saturated rings.